The number of hydrogen-bond donors (Lipinski definition) is 0. The van der Waals surface area contributed by atoms with E-state index in [-0.39, 0.29) is 31.1 Å². The number of ether oxygens (including phenoxy) is 3. The molecule has 0 amide bonds. The van der Waals surface area contributed by atoms with Gasteiger partial charge in [0.05, 0.1) is 0 Å². The Balaban J connectivity index is 3.96. The number of carbonyl (C=O) groups excluding carboxylic acids is 3. The van der Waals surface area contributed by atoms with E-state index in [0.29, 0.717) is 19.3 Å². The van der Waals surface area contributed by atoms with Gasteiger partial charge in [-0.05, 0) is 44.9 Å². The van der Waals surface area contributed by atoms with E-state index >= 15 is 0 Å². The van der Waals surface area contributed by atoms with E-state index in [1.165, 1.54) is 334 Å². The van der Waals surface area contributed by atoms with E-state index in [2.05, 4.69) is 32.9 Å². The highest BCUT2D eigenvalue weighted by molar-refractivity contribution is 5.71. The van der Waals surface area contributed by atoms with Crippen LogP contribution in [0.1, 0.15) is 432 Å². The van der Waals surface area contributed by atoms with Crippen molar-refractivity contribution in [3.8, 4) is 0 Å². The lowest BCUT2D eigenvalue weighted by molar-refractivity contribution is -0.167. The molecule has 0 aliphatic heterocycles. The molecule has 0 spiro atoms. The Morgan fingerprint density at radius 2 is 0.407 bits per heavy atom. The van der Waals surface area contributed by atoms with Crippen molar-refractivity contribution in [3.63, 3.8) is 0 Å². The van der Waals surface area contributed by atoms with E-state index in [1.54, 1.807) is 0 Å². The predicted octanol–water partition coefficient (Wildman–Crippen LogP) is 25.6. The first kappa shape index (κ1) is 79.2. The van der Waals surface area contributed by atoms with Gasteiger partial charge in [-0.15, -0.1) is 0 Å². The first-order valence-corrected chi connectivity index (χ1v) is 37.2. The molecule has 1 atom stereocenters. The fourth-order valence-electron chi connectivity index (χ4n) is 11.7. The zero-order chi connectivity index (χ0) is 58.5. The van der Waals surface area contributed by atoms with Crippen LogP contribution in [-0.2, 0) is 28.6 Å². The molecular formula is C75H144O6. The van der Waals surface area contributed by atoms with Gasteiger partial charge in [0.2, 0.25) is 0 Å². The number of hydrogen-bond acceptors (Lipinski definition) is 6. The van der Waals surface area contributed by atoms with Gasteiger partial charge < -0.3 is 14.2 Å². The first-order valence-electron chi connectivity index (χ1n) is 37.2. The molecule has 6 nitrogen and oxygen atoms in total. The van der Waals surface area contributed by atoms with Crippen LogP contribution in [0.4, 0.5) is 0 Å². The Bertz CT molecular complexity index is 1260. The Morgan fingerprint density at radius 1 is 0.235 bits per heavy atom. The van der Waals surface area contributed by atoms with Crippen molar-refractivity contribution in [2.24, 2.45) is 0 Å². The first-order chi connectivity index (χ1) is 40.0. The minimum atomic E-state index is -0.763. The molecule has 6 heteroatoms. The van der Waals surface area contributed by atoms with Crippen LogP contribution in [0.2, 0.25) is 0 Å². The summed E-state index contributed by atoms with van der Waals surface area (Å²) in [6.07, 6.45) is 85.9. The largest absolute Gasteiger partial charge is 0.462 e. The number of unbranched alkanes of at least 4 members (excludes halogenated alkanes) is 57. The number of allylic oxidation sites excluding steroid dienone is 2. The maximum Gasteiger partial charge on any atom is 0.306 e. The molecule has 0 radical (unpaired) electrons. The van der Waals surface area contributed by atoms with Crippen molar-refractivity contribution in [1.82, 2.24) is 0 Å². The maximum absolute atomic E-state index is 12.9. The number of rotatable bonds is 70. The minimum Gasteiger partial charge on any atom is -0.462 e. The van der Waals surface area contributed by atoms with Crippen LogP contribution in [-0.4, -0.2) is 37.2 Å². The lowest BCUT2D eigenvalue weighted by Crippen LogP contribution is -2.30. The Kier molecular flexibility index (Phi) is 69.0. The molecule has 0 saturated carbocycles. The van der Waals surface area contributed by atoms with Crippen LogP contribution < -0.4 is 0 Å². The number of esters is 3. The zero-order valence-corrected chi connectivity index (χ0v) is 55.4. The van der Waals surface area contributed by atoms with Crippen molar-refractivity contribution in [2.45, 2.75) is 438 Å². The topological polar surface area (TPSA) is 78.9 Å². The van der Waals surface area contributed by atoms with Crippen molar-refractivity contribution >= 4 is 17.9 Å². The molecule has 0 aromatic carbocycles. The van der Waals surface area contributed by atoms with Gasteiger partial charge in [0, 0.05) is 19.3 Å². The molecule has 0 aromatic rings. The van der Waals surface area contributed by atoms with Crippen LogP contribution in [0.5, 0.6) is 0 Å². The maximum atomic E-state index is 12.9. The fraction of sp³-hybridized carbons (Fsp3) is 0.933. The monoisotopic (exact) mass is 1140 g/mol. The molecule has 0 aliphatic rings. The second kappa shape index (κ2) is 70.6. The van der Waals surface area contributed by atoms with E-state index in [1.807, 2.05) is 0 Å². The normalized spacial score (nSPS) is 12.0. The lowest BCUT2D eigenvalue weighted by atomic mass is 10.0. The SMILES string of the molecule is CCCCCCCCCC/C=C\CCCCCCCCCCCCCCCCCCCCCC(=O)OCC(COC(=O)CCCCCCCCC)OC(=O)CCCCCCCCCCCCCCCCCCCCCCCCCCC. The molecule has 0 heterocycles. The van der Waals surface area contributed by atoms with Crippen molar-refractivity contribution in [2.75, 3.05) is 13.2 Å². The molecule has 480 valence electrons. The average Bonchev–Trinajstić information content (AvgIpc) is 3.46. The summed E-state index contributed by atoms with van der Waals surface area (Å²) in [4.78, 5) is 38.2. The van der Waals surface area contributed by atoms with Gasteiger partial charge in [-0.3, -0.25) is 14.4 Å². The van der Waals surface area contributed by atoms with E-state index in [0.717, 1.165) is 57.8 Å². The van der Waals surface area contributed by atoms with Crippen LogP contribution in [0.15, 0.2) is 12.2 Å². The quantitative estimate of drug-likeness (QED) is 0.0261. The van der Waals surface area contributed by atoms with Crippen LogP contribution in [0.25, 0.3) is 0 Å². The summed E-state index contributed by atoms with van der Waals surface area (Å²) in [6, 6.07) is 0. The smallest absolute Gasteiger partial charge is 0.306 e. The van der Waals surface area contributed by atoms with Crippen LogP contribution in [0.3, 0.4) is 0 Å². The fourth-order valence-corrected chi connectivity index (χ4v) is 11.7. The summed E-state index contributed by atoms with van der Waals surface area (Å²) in [7, 11) is 0. The lowest BCUT2D eigenvalue weighted by Gasteiger charge is -2.18. The highest BCUT2D eigenvalue weighted by Crippen LogP contribution is 2.20. The summed E-state index contributed by atoms with van der Waals surface area (Å²) < 4.78 is 16.9. The van der Waals surface area contributed by atoms with Gasteiger partial charge in [-0.1, -0.05) is 380 Å². The van der Waals surface area contributed by atoms with E-state index in [9.17, 15) is 14.4 Å². The van der Waals surface area contributed by atoms with Crippen LogP contribution >= 0.6 is 0 Å². The third-order valence-corrected chi connectivity index (χ3v) is 17.3. The molecule has 0 bridgehead atoms. The molecule has 81 heavy (non-hydrogen) atoms. The third kappa shape index (κ3) is 68.8. The standard InChI is InChI=1S/C75H144O6/c1-4-7-10-13-16-18-20-22-24-26-28-30-32-34-35-36-37-38-39-41-42-44-46-48-50-52-54-56-59-62-65-68-74(77)80-71-72(70-79-73(76)67-64-61-58-15-12-9-6-3)81-75(78)69-66-63-60-57-55-53-51-49-47-45-43-40-33-31-29-27-25-23-21-19-17-14-11-8-5-2/h26,28,72H,4-25,27,29-71H2,1-3H3/b28-26-. The Morgan fingerprint density at radius 3 is 0.617 bits per heavy atom. The molecule has 0 saturated heterocycles. The van der Waals surface area contributed by atoms with Gasteiger partial charge in [0.1, 0.15) is 13.2 Å². The molecule has 1 unspecified atom stereocenters. The van der Waals surface area contributed by atoms with Crippen LogP contribution in [0, 0.1) is 0 Å². The second-order valence-electron chi connectivity index (χ2n) is 25.6. The molecule has 0 aliphatic carbocycles. The van der Waals surface area contributed by atoms with Gasteiger partial charge in [0.25, 0.3) is 0 Å². The van der Waals surface area contributed by atoms with Crippen molar-refractivity contribution in [1.29, 1.82) is 0 Å². The van der Waals surface area contributed by atoms with Crippen molar-refractivity contribution < 1.29 is 28.6 Å². The molecule has 0 rings (SSSR count). The predicted molar refractivity (Wildman–Crippen MR) is 353 cm³/mol. The Hall–Kier alpha value is -1.85. The minimum absolute atomic E-state index is 0.0627. The average molecular weight is 1140 g/mol. The van der Waals surface area contributed by atoms with E-state index < -0.39 is 6.10 Å². The molecular weight excluding hydrogens is 997 g/mol. The zero-order valence-electron chi connectivity index (χ0n) is 55.4. The highest BCUT2D eigenvalue weighted by atomic mass is 16.6. The molecule has 0 fully saturated rings. The summed E-state index contributed by atoms with van der Waals surface area (Å²) in [6.45, 7) is 6.69. The summed E-state index contributed by atoms with van der Waals surface area (Å²) >= 11 is 0. The third-order valence-electron chi connectivity index (χ3n) is 17.3. The van der Waals surface area contributed by atoms with Gasteiger partial charge >= 0.3 is 17.9 Å². The summed E-state index contributed by atoms with van der Waals surface area (Å²) in [5, 5.41) is 0. The van der Waals surface area contributed by atoms with Gasteiger partial charge in [-0.25, -0.2) is 0 Å². The second-order valence-corrected chi connectivity index (χ2v) is 25.6. The Labute approximate surface area is 507 Å². The van der Waals surface area contributed by atoms with Crippen molar-refractivity contribution in [3.05, 3.63) is 12.2 Å². The van der Waals surface area contributed by atoms with Gasteiger partial charge in [-0.2, -0.15) is 0 Å². The number of carbonyl (C=O) groups is 3. The van der Waals surface area contributed by atoms with Gasteiger partial charge in [0.15, 0.2) is 6.10 Å². The molecule has 0 N–H and O–H groups in total. The highest BCUT2D eigenvalue weighted by Gasteiger charge is 2.20. The molecule has 0 aromatic heterocycles. The summed E-state index contributed by atoms with van der Waals surface area (Å²) in [5.41, 5.74) is 0. The van der Waals surface area contributed by atoms with E-state index in [4.69, 9.17) is 14.2 Å². The summed E-state index contributed by atoms with van der Waals surface area (Å²) in [5.74, 6) is -0.835.